The molecule has 0 amide bonds. The molecule has 1 N–H and O–H groups in total. The second-order valence-corrected chi connectivity index (χ2v) is 6.10. The number of hydrogen-bond acceptors (Lipinski definition) is 3. The summed E-state index contributed by atoms with van der Waals surface area (Å²) in [6, 6.07) is 0.458. The summed E-state index contributed by atoms with van der Waals surface area (Å²) in [5.41, 5.74) is 1.52. The van der Waals surface area contributed by atoms with Crippen LogP contribution in [0.1, 0.15) is 39.2 Å². The fraction of sp³-hybridized carbons (Fsp3) is 0.800. The first-order valence-electron chi connectivity index (χ1n) is 7.51. The van der Waals surface area contributed by atoms with Crippen LogP contribution < -0.4 is 5.32 Å². The van der Waals surface area contributed by atoms with Gasteiger partial charge in [-0.3, -0.25) is 9.58 Å². The first-order chi connectivity index (χ1) is 9.07. The maximum atomic E-state index is 4.38. The van der Waals surface area contributed by atoms with E-state index in [1.54, 1.807) is 0 Å². The van der Waals surface area contributed by atoms with E-state index in [2.05, 4.69) is 49.3 Å². The van der Waals surface area contributed by atoms with E-state index in [-0.39, 0.29) is 5.54 Å². The number of rotatable bonds is 6. The molecule has 1 unspecified atom stereocenters. The summed E-state index contributed by atoms with van der Waals surface area (Å²) in [5.74, 6) is 0. The van der Waals surface area contributed by atoms with Crippen molar-refractivity contribution in [3.05, 3.63) is 18.0 Å². The molecule has 4 nitrogen and oxygen atoms in total. The van der Waals surface area contributed by atoms with Crippen molar-refractivity contribution in [1.29, 1.82) is 0 Å². The van der Waals surface area contributed by atoms with Gasteiger partial charge in [0.15, 0.2) is 0 Å². The summed E-state index contributed by atoms with van der Waals surface area (Å²) in [4.78, 5) is 2.62. The molecule has 1 aromatic rings. The molecular formula is C15H28N4. The second-order valence-electron chi connectivity index (χ2n) is 6.10. The predicted octanol–water partition coefficient (Wildman–Crippen LogP) is 1.91. The number of nitrogens with one attached hydrogen (secondary N) is 1. The van der Waals surface area contributed by atoms with E-state index in [0.717, 1.165) is 13.0 Å². The van der Waals surface area contributed by atoms with Gasteiger partial charge in [0.2, 0.25) is 0 Å². The minimum absolute atomic E-state index is 0.194. The van der Waals surface area contributed by atoms with Crippen molar-refractivity contribution in [3.8, 4) is 0 Å². The molecule has 2 rings (SSSR count). The van der Waals surface area contributed by atoms with Crippen LogP contribution in [0, 0.1) is 0 Å². The van der Waals surface area contributed by atoms with Gasteiger partial charge in [-0.1, -0.05) is 0 Å². The molecule has 0 spiro atoms. The minimum Gasteiger partial charge on any atom is -0.315 e. The highest BCUT2D eigenvalue weighted by Gasteiger charge is 2.35. The van der Waals surface area contributed by atoms with E-state index in [1.807, 2.05) is 10.9 Å². The lowest BCUT2D eigenvalue weighted by Crippen LogP contribution is -2.57. The molecule has 19 heavy (non-hydrogen) atoms. The van der Waals surface area contributed by atoms with E-state index < -0.39 is 0 Å². The van der Waals surface area contributed by atoms with Crippen molar-refractivity contribution >= 4 is 0 Å². The zero-order valence-electron chi connectivity index (χ0n) is 12.8. The summed E-state index contributed by atoms with van der Waals surface area (Å²) in [5, 5.41) is 7.89. The molecule has 2 heterocycles. The van der Waals surface area contributed by atoms with Crippen molar-refractivity contribution in [2.45, 2.75) is 58.2 Å². The van der Waals surface area contributed by atoms with Crippen LogP contribution in [0.25, 0.3) is 0 Å². The lowest BCUT2D eigenvalue weighted by Gasteiger charge is -2.42. The quantitative estimate of drug-likeness (QED) is 0.852. The molecule has 0 radical (unpaired) electrons. The number of likely N-dealkylation sites (tertiary alicyclic amines) is 1. The van der Waals surface area contributed by atoms with Crippen LogP contribution in [0.3, 0.4) is 0 Å². The van der Waals surface area contributed by atoms with Gasteiger partial charge in [0.25, 0.3) is 0 Å². The molecule has 1 atom stereocenters. The number of hydrogen-bond donors (Lipinski definition) is 1. The third kappa shape index (κ3) is 3.18. The van der Waals surface area contributed by atoms with Gasteiger partial charge in [-0.15, -0.1) is 0 Å². The van der Waals surface area contributed by atoms with Gasteiger partial charge in [0.1, 0.15) is 0 Å². The van der Waals surface area contributed by atoms with E-state index in [0.29, 0.717) is 6.04 Å². The Morgan fingerprint density at radius 2 is 2.05 bits per heavy atom. The monoisotopic (exact) mass is 264 g/mol. The Labute approximate surface area is 117 Å². The topological polar surface area (TPSA) is 33.1 Å². The first kappa shape index (κ1) is 14.5. The Kier molecular flexibility index (Phi) is 4.63. The van der Waals surface area contributed by atoms with Gasteiger partial charge in [0, 0.05) is 24.3 Å². The summed E-state index contributed by atoms with van der Waals surface area (Å²) in [6.07, 6.45) is 7.90. The Hall–Kier alpha value is -0.870. The third-order valence-corrected chi connectivity index (χ3v) is 4.57. The van der Waals surface area contributed by atoms with Gasteiger partial charge in [-0.25, -0.2) is 0 Å². The van der Waals surface area contributed by atoms with Gasteiger partial charge in [0.05, 0.1) is 6.20 Å². The Balaban J connectivity index is 2.05. The molecule has 1 aliphatic rings. The summed E-state index contributed by atoms with van der Waals surface area (Å²) >= 11 is 0. The van der Waals surface area contributed by atoms with Crippen LogP contribution in [0.15, 0.2) is 12.4 Å². The van der Waals surface area contributed by atoms with Crippen molar-refractivity contribution in [3.63, 3.8) is 0 Å². The van der Waals surface area contributed by atoms with Crippen LogP contribution in [-0.2, 0) is 13.0 Å². The SMILES string of the molecule is CCn1cc(CC(NC)C(C)(C)N2CCCC2)cn1. The van der Waals surface area contributed by atoms with Crippen LogP contribution in [0.5, 0.6) is 0 Å². The molecule has 1 saturated heterocycles. The normalized spacial score (nSPS) is 18.9. The fourth-order valence-corrected chi connectivity index (χ4v) is 3.14. The minimum atomic E-state index is 0.194. The Bertz CT molecular complexity index is 391. The van der Waals surface area contributed by atoms with Crippen molar-refractivity contribution in [1.82, 2.24) is 20.0 Å². The molecule has 108 valence electrons. The van der Waals surface area contributed by atoms with E-state index in [4.69, 9.17) is 0 Å². The highest BCUT2D eigenvalue weighted by atomic mass is 15.3. The third-order valence-electron chi connectivity index (χ3n) is 4.57. The summed E-state index contributed by atoms with van der Waals surface area (Å²) in [6.45, 7) is 10.3. The van der Waals surface area contributed by atoms with Gasteiger partial charge >= 0.3 is 0 Å². The predicted molar refractivity (Wildman–Crippen MR) is 79.3 cm³/mol. The molecule has 1 aliphatic heterocycles. The molecule has 0 bridgehead atoms. The lowest BCUT2D eigenvalue weighted by molar-refractivity contribution is 0.110. The number of aryl methyl sites for hydroxylation is 1. The molecule has 1 fully saturated rings. The molecule has 0 aromatic carbocycles. The van der Waals surface area contributed by atoms with Crippen LogP contribution >= 0.6 is 0 Å². The maximum Gasteiger partial charge on any atom is 0.0522 e. The Morgan fingerprint density at radius 3 is 2.58 bits per heavy atom. The van der Waals surface area contributed by atoms with Crippen LogP contribution in [-0.4, -0.2) is 46.4 Å². The Morgan fingerprint density at radius 1 is 1.37 bits per heavy atom. The summed E-state index contributed by atoms with van der Waals surface area (Å²) < 4.78 is 2.00. The first-order valence-corrected chi connectivity index (χ1v) is 7.51. The number of likely N-dealkylation sites (N-methyl/N-ethyl adjacent to an activating group) is 1. The van der Waals surface area contributed by atoms with E-state index in [1.165, 1.54) is 31.5 Å². The van der Waals surface area contributed by atoms with Crippen molar-refractivity contribution < 1.29 is 0 Å². The summed E-state index contributed by atoms with van der Waals surface area (Å²) in [7, 11) is 2.08. The number of nitrogens with zero attached hydrogens (tertiary/aromatic N) is 3. The van der Waals surface area contributed by atoms with Crippen LogP contribution in [0.4, 0.5) is 0 Å². The molecule has 1 aromatic heterocycles. The smallest absolute Gasteiger partial charge is 0.0522 e. The molecule has 4 heteroatoms. The zero-order valence-corrected chi connectivity index (χ0v) is 12.8. The second kappa shape index (κ2) is 6.06. The van der Waals surface area contributed by atoms with Gasteiger partial charge in [-0.05, 0) is 65.7 Å². The van der Waals surface area contributed by atoms with Crippen molar-refractivity contribution in [2.75, 3.05) is 20.1 Å². The van der Waals surface area contributed by atoms with Gasteiger partial charge in [-0.2, -0.15) is 5.10 Å². The standard InChI is InChI=1S/C15H28N4/c1-5-19-12-13(11-17-19)10-14(16-4)15(2,3)18-8-6-7-9-18/h11-12,14,16H,5-10H2,1-4H3. The molecule has 0 aliphatic carbocycles. The van der Waals surface area contributed by atoms with Crippen LogP contribution in [0.2, 0.25) is 0 Å². The number of aromatic nitrogens is 2. The molecule has 0 saturated carbocycles. The van der Waals surface area contributed by atoms with Gasteiger partial charge < -0.3 is 5.32 Å². The average molecular weight is 264 g/mol. The zero-order chi connectivity index (χ0) is 13.9. The highest BCUT2D eigenvalue weighted by molar-refractivity contribution is 5.10. The molecular weight excluding hydrogens is 236 g/mol. The lowest BCUT2D eigenvalue weighted by atomic mass is 9.88. The van der Waals surface area contributed by atoms with E-state index in [9.17, 15) is 0 Å². The average Bonchev–Trinajstić information content (AvgIpc) is 3.06. The highest BCUT2D eigenvalue weighted by Crippen LogP contribution is 2.26. The largest absolute Gasteiger partial charge is 0.315 e. The van der Waals surface area contributed by atoms with Crippen molar-refractivity contribution in [2.24, 2.45) is 0 Å². The van der Waals surface area contributed by atoms with E-state index >= 15 is 0 Å². The fourth-order valence-electron chi connectivity index (χ4n) is 3.14. The maximum absolute atomic E-state index is 4.38.